The van der Waals surface area contributed by atoms with Crippen LogP contribution in [0.1, 0.15) is 16.8 Å². The Bertz CT molecular complexity index is 911. The summed E-state index contributed by atoms with van der Waals surface area (Å²) in [6, 6.07) is 16.8. The van der Waals surface area contributed by atoms with Crippen LogP contribution >= 0.6 is 11.6 Å². The minimum absolute atomic E-state index is 0.782. The molecule has 1 aliphatic heterocycles. The SMILES string of the molecule is CN(C)c1ccc(-c2nn(CCc3ccc(Cl)cc3)c3c2CNCC3)cc1. The minimum atomic E-state index is 0.782. The Morgan fingerprint density at radius 2 is 1.81 bits per heavy atom. The Morgan fingerprint density at radius 3 is 2.52 bits per heavy atom. The molecule has 1 aliphatic rings. The molecule has 4 nitrogen and oxygen atoms in total. The highest BCUT2D eigenvalue weighted by molar-refractivity contribution is 6.30. The maximum atomic E-state index is 6.00. The van der Waals surface area contributed by atoms with Gasteiger partial charge in [0.05, 0.1) is 5.69 Å². The molecule has 1 N–H and O–H groups in total. The summed E-state index contributed by atoms with van der Waals surface area (Å²) in [7, 11) is 4.12. The van der Waals surface area contributed by atoms with Gasteiger partial charge in [0.15, 0.2) is 0 Å². The number of hydrogen-bond donors (Lipinski definition) is 1. The van der Waals surface area contributed by atoms with E-state index in [0.29, 0.717) is 0 Å². The van der Waals surface area contributed by atoms with Crippen LogP contribution < -0.4 is 10.2 Å². The standard InChI is InChI=1S/C22H25ClN4/c1-26(2)19-9-5-17(6-10-19)22-20-15-24-13-11-21(20)27(25-22)14-12-16-3-7-18(23)8-4-16/h3-10,24H,11-15H2,1-2H3. The van der Waals surface area contributed by atoms with Gasteiger partial charge in [-0.2, -0.15) is 5.10 Å². The van der Waals surface area contributed by atoms with E-state index in [1.165, 1.54) is 28.1 Å². The third kappa shape index (κ3) is 3.87. The number of fused-ring (bicyclic) bond motifs is 1. The summed E-state index contributed by atoms with van der Waals surface area (Å²) in [6.07, 6.45) is 1.98. The molecular formula is C22H25ClN4. The molecule has 0 radical (unpaired) electrons. The van der Waals surface area contributed by atoms with E-state index in [-0.39, 0.29) is 0 Å². The number of aromatic nitrogens is 2. The number of hydrogen-bond acceptors (Lipinski definition) is 3. The van der Waals surface area contributed by atoms with Gasteiger partial charge in [-0.3, -0.25) is 4.68 Å². The van der Waals surface area contributed by atoms with E-state index in [1.807, 2.05) is 12.1 Å². The molecule has 0 spiro atoms. The second-order valence-corrected chi connectivity index (χ2v) is 7.68. The normalized spacial score (nSPS) is 13.4. The molecule has 0 aliphatic carbocycles. The van der Waals surface area contributed by atoms with Crippen molar-refractivity contribution >= 4 is 17.3 Å². The number of halogens is 1. The number of benzene rings is 2. The van der Waals surface area contributed by atoms with E-state index in [0.717, 1.165) is 43.2 Å². The van der Waals surface area contributed by atoms with Crippen molar-refractivity contribution < 1.29 is 0 Å². The highest BCUT2D eigenvalue weighted by Crippen LogP contribution is 2.29. The van der Waals surface area contributed by atoms with Gasteiger partial charge < -0.3 is 10.2 Å². The number of anilines is 1. The topological polar surface area (TPSA) is 33.1 Å². The molecule has 0 saturated heterocycles. The molecule has 0 fully saturated rings. The van der Waals surface area contributed by atoms with Crippen molar-refractivity contribution in [2.75, 3.05) is 25.5 Å². The first-order valence-electron chi connectivity index (χ1n) is 9.43. The number of nitrogens with zero attached hydrogens (tertiary/aromatic N) is 3. The van der Waals surface area contributed by atoms with Gasteiger partial charge in [-0.15, -0.1) is 0 Å². The zero-order chi connectivity index (χ0) is 18.8. The van der Waals surface area contributed by atoms with Crippen LogP contribution in [0.2, 0.25) is 5.02 Å². The molecule has 27 heavy (non-hydrogen) atoms. The lowest BCUT2D eigenvalue weighted by atomic mass is 10.0. The first-order valence-corrected chi connectivity index (χ1v) is 9.81. The van der Waals surface area contributed by atoms with Crippen molar-refractivity contribution in [1.29, 1.82) is 0 Å². The summed E-state index contributed by atoms with van der Waals surface area (Å²) < 4.78 is 2.21. The number of aryl methyl sites for hydroxylation is 2. The fourth-order valence-electron chi connectivity index (χ4n) is 3.64. The van der Waals surface area contributed by atoms with Gasteiger partial charge in [0.25, 0.3) is 0 Å². The lowest BCUT2D eigenvalue weighted by molar-refractivity contribution is 0.551. The van der Waals surface area contributed by atoms with Gasteiger partial charge >= 0.3 is 0 Å². The molecule has 0 atom stereocenters. The lowest BCUT2D eigenvalue weighted by Crippen LogP contribution is -2.25. The number of nitrogens with one attached hydrogen (secondary N) is 1. The van der Waals surface area contributed by atoms with E-state index in [9.17, 15) is 0 Å². The predicted molar refractivity (Wildman–Crippen MR) is 113 cm³/mol. The summed E-state index contributed by atoms with van der Waals surface area (Å²) in [5.74, 6) is 0. The van der Waals surface area contributed by atoms with Crippen molar-refractivity contribution in [2.45, 2.75) is 25.9 Å². The van der Waals surface area contributed by atoms with E-state index in [4.69, 9.17) is 16.7 Å². The Morgan fingerprint density at radius 1 is 1.07 bits per heavy atom. The first kappa shape index (κ1) is 18.1. The average molecular weight is 381 g/mol. The Balaban J connectivity index is 1.62. The molecule has 2 aromatic carbocycles. The largest absolute Gasteiger partial charge is 0.378 e. The van der Waals surface area contributed by atoms with Crippen molar-refractivity contribution in [3.63, 3.8) is 0 Å². The van der Waals surface area contributed by atoms with Crippen LogP contribution in [0.5, 0.6) is 0 Å². The van der Waals surface area contributed by atoms with E-state index in [2.05, 4.69) is 65.4 Å². The highest BCUT2D eigenvalue weighted by atomic mass is 35.5. The van der Waals surface area contributed by atoms with Gasteiger partial charge in [-0.1, -0.05) is 35.9 Å². The zero-order valence-corrected chi connectivity index (χ0v) is 16.6. The Kier molecular flexibility index (Phi) is 5.19. The Hall–Kier alpha value is -2.30. The molecule has 3 aromatic rings. The van der Waals surface area contributed by atoms with Crippen LogP contribution in [0, 0.1) is 0 Å². The van der Waals surface area contributed by atoms with Gasteiger partial charge in [0.2, 0.25) is 0 Å². The maximum absolute atomic E-state index is 6.00. The zero-order valence-electron chi connectivity index (χ0n) is 15.9. The molecule has 4 rings (SSSR count). The smallest absolute Gasteiger partial charge is 0.0971 e. The molecule has 1 aromatic heterocycles. The van der Waals surface area contributed by atoms with E-state index in [1.54, 1.807) is 0 Å². The van der Waals surface area contributed by atoms with E-state index >= 15 is 0 Å². The van der Waals surface area contributed by atoms with Crippen LogP contribution in [0.4, 0.5) is 5.69 Å². The third-order valence-corrected chi connectivity index (χ3v) is 5.44. The summed E-state index contributed by atoms with van der Waals surface area (Å²) in [6.45, 7) is 2.79. The first-order chi connectivity index (χ1) is 13.1. The van der Waals surface area contributed by atoms with Crippen molar-refractivity contribution in [3.05, 3.63) is 70.4 Å². The fourth-order valence-corrected chi connectivity index (χ4v) is 3.77. The number of rotatable bonds is 5. The van der Waals surface area contributed by atoms with Crippen molar-refractivity contribution in [3.8, 4) is 11.3 Å². The predicted octanol–water partition coefficient (Wildman–Crippen LogP) is 4.16. The molecule has 2 heterocycles. The molecule has 0 saturated carbocycles. The quantitative estimate of drug-likeness (QED) is 0.721. The highest BCUT2D eigenvalue weighted by Gasteiger charge is 2.21. The van der Waals surface area contributed by atoms with Crippen molar-refractivity contribution in [2.24, 2.45) is 0 Å². The average Bonchev–Trinajstić information content (AvgIpc) is 3.06. The third-order valence-electron chi connectivity index (χ3n) is 5.19. The molecule has 0 bridgehead atoms. The summed E-state index contributed by atoms with van der Waals surface area (Å²) in [4.78, 5) is 2.12. The molecule has 0 amide bonds. The summed E-state index contributed by atoms with van der Waals surface area (Å²) >= 11 is 6.00. The molecule has 140 valence electrons. The second-order valence-electron chi connectivity index (χ2n) is 7.24. The van der Waals surface area contributed by atoms with Gasteiger partial charge in [-0.05, 0) is 36.2 Å². The minimum Gasteiger partial charge on any atom is -0.378 e. The monoisotopic (exact) mass is 380 g/mol. The van der Waals surface area contributed by atoms with Gasteiger partial charge in [-0.25, -0.2) is 0 Å². The molecular weight excluding hydrogens is 356 g/mol. The summed E-state index contributed by atoms with van der Waals surface area (Å²) in [5, 5.41) is 9.29. The van der Waals surface area contributed by atoms with Crippen LogP contribution in [0.3, 0.4) is 0 Å². The second kappa shape index (κ2) is 7.75. The van der Waals surface area contributed by atoms with Crippen LogP contribution in [-0.2, 0) is 25.9 Å². The molecule has 0 unspecified atom stereocenters. The van der Waals surface area contributed by atoms with Crippen LogP contribution in [0.15, 0.2) is 48.5 Å². The Labute approximate surface area is 165 Å². The maximum Gasteiger partial charge on any atom is 0.0971 e. The fraction of sp³-hybridized carbons (Fsp3) is 0.318. The van der Waals surface area contributed by atoms with E-state index < -0.39 is 0 Å². The van der Waals surface area contributed by atoms with Crippen molar-refractivity contribution in [1.82, 2.24) is 15.1 Å². The van der Waals surface area contributed by atoms with Gasteiger partial charge in [0.1, 0.15) is 0 Å². The lowest BCUT2D eigenvalue weighted by Gasteiger charge is -2.16. The van der Waals surface area contributed by atoms with Crippen LogP contribution in [0.25, 0.3) is 11.3 Å². The molecule has 5 heteroatoms. The summed E-state index contributed by atoms with van der Waals surface area (Å²) in [5.41, 5.74) is 7.50. The van der Waals surface area contributed by atoms with Gasteiger partial charge in [0, 0.05) is 67.7 Å². The van der Waals surface area contributed by atoms with Crippen LogP contribution in [-0.4, -0.2) is 30.4 Å².